The lowest BCUT2D eigenvalue weighted by Gasteiger charge is -2.37. The summed E-state index contributed by atoms with van der Waals surface area (Å²) in [7, 11) is 2.22. The molecule has 0 aliphatic heterocycles. The summed E-state index contributed by atoms with van der Waals surface area (Å²) >= 11 is 0. The Balaban J connectivity index is 1.99. The van der Waals surface area contributed by atoms with Crippen molar-refractivity contribution in [2.24, 2.45) is 5.41 Å². The first-order valence-corrected chi connectivity index (χ1v) is 8.10. The molecule has 2 rings (SSSR count). The number of nitrogens with one attached hydrogen (secondary N) is 1. The van der Waals surface area contributed by atoms with E-state index in [1.807, 2.05) is 0 Å². The van der Waals surface area contributed by atoms with Gasteiger partial charge < -0.3 is 10.2 Å². The van der Waals surface area contributed by atoms with Crippen molar-refractivity contribution in [2.75, 3.05) is 25.0 Å². The van der Waals surface area contributed by atoms with Gasteiger partial charge in [-0.1, -0.05) is 31.5 Å². The maximum atomic E-state index is 3.74. The maximum Gasteiger partial charge on any atom is 0.0363 e. The Morgan fingerprint density at radius 2 is 1.75 bits per heavy atom. The summed E-state index contributed by atoms with van der Waals surface area (Å²) < 4.78 is 0. The summed E-state index contributed by atoms with van der Waals surface area (Å²) in [5, 5.41) is 3.74. The molecular weight excluding hydrogens is 244 g/mol. The second-order valence-electron chi connectivity index (χ2n) is 6.55. The van der Waals surface area contributed by atoms with Crippen LogP contribution in [0.2, 0.25) is 0 Å². The number of hydrogen-bond donors (Lipinski definition) is 1. The third-order valence-electron chi connectivity index (χ3n) is 4.89. The van der Waals surface area contributed by atoms with Crippen LogP contribution in [0.15, 0.2) is 24.3 Å². The fraction of sp³-hybridized carbons (Fsp3) is 0.667. The zero-order valence-electron chi connectivity index (χ0n) is 13.6. The molecule has 1 aliphatic carbocycles. The number of rotatable bonds is 8. The Bertz CT molecular complexity index is 402. The first-order valence-electron chi connectivity index (χ1n) is 8.10. The maximum absolute atomic E-state index is 3.74. The molecule has 0 atom stereocenters. The molecule has 0 unspecified atom stereocenters. The molecule has 112 valence electrons. The van der Waals surface area contributed by atoms with Gasteiger partial charge in [0, 0.05) is 31.9 Å². The zero-order valence-corrected chi connectivity index (χ0v) is 13.6. The number of anilines is 1. The highest BCUT2D eigenvalue weighted by Gasteiger charge is 2.31. The molecule has 1 aromatic rings. The molecular formula is C18H30N2. The molecule has 0 aromatic heterocycles. The minimum Gasteiger partial charge on any atom is -0.374 e. The topological polar surface area (TPSA) is 15.3 Å². The van der Waals surface area contributed by atoms with Crippen molar-refractivity contribution in [2.45, 2.75) is 52.5 Å². The molecule has 0 radical (unpaired) electrons. The molecule has 0 amide bonds. The molecule has 0 heterocycles. The molecule has 2 heteroatoms. The summed E-state index contributed by atoms with van der Waals surface area (Å²) in [6, 6.07) is 9.68. The van der Waals surface area contributed by atoms with Gasteiger partial charge in [0.05, 0.1) is 0 Å². The third kappa shape index (κ3) is 3.99. The van der Waals surface area contributed by atoms with E-state index < -0.39 is 0 Å². The van der Waals surface area contributed by atoms with E-state index >= 15 is 0 Å². The first kappa shape index (κ1) is 15.4. The summed E-state index contributed by atoms with van der Waals surface area (Å²) in [6.07, 6.45) is 5.22. The Morgan fingerprint density at radius 3 is 2.25 bits per heavy atom. The highest BCUT2D eigenvalue weighted by atomic mass is 15.1. The van der Waals surface area contributed by atoms with Crippen molar-refractivity contribution in [3.63, 3.8) is 0 Å². The van der Waals surface area contributed by atoms with Crippen molar-refractivity contribution in [3.05, 3.63) is 29.8 Å². The summed E-state index contributed by atoms with van der Waals surface area (Å²) in [5.41, 5.74) is 3.05. The summed E-state index contributed by atoms with van der Waals surface area (Å²) in [4.78, 5) is 2.42. The van der Waals surface area contributed by atoms with Gasteiger partial charge >= 0.3 is 0 Å². The average Bonchev–Trinajstić information content (AvgIpc) is 3.28. The smallest absolute Gasteiger partial charge is 0.0363 e. The van der Waals surface area contributed by atoms with E-state index in [9.17, 15) is 0 Å². The van der Waals surface area contributed by atoms with Crippen LogP contribution in [0.3, 0.4) is 0 Å². The fourth-order valence-electron chi connectivity index (χ4n) is 2.82. The van der Waals surface area contributed by atoms with E-state index in [0.29, 0.717) is 5.41 Å². The van der Waals surface area contributed by atoms with Crippen LogP contribution in [-0.2, 0) is 0 Å². The Kier molecular flexibility index (Phi) is 5.09. The number of hydrogen-bond acceptors (Lipinski definition) is 2. The second-order valence-corrected chi connectivity index (χ2v) is 6.55. The van der Waals surface area contributed by atoms with Crippen molar-refractivity contribution >= 4 is 5.69 Å². The van der Waals surface area contributed by atoms with Crippen molar-refractivity contribution < 1.29 is 0 Å². The van der Waals surface area contributed by atoms with Gasteiger partial charge in [0.1, 0.15) is 0 Å². The van der Waals surface area contributed by atoms with Gasteiger partial charge in [0.25, 0.3) is 0 Å². The quantitative estimate of drug-likeness (QED) is 0.771. The van der Waals surface area contributed by atoms with E-state index in [0.717, 1.165) is 19.1 Å². The van der Waals surface area contributed by atoms with E-state index in [1.165, 1.54) is 36.9 Å². The lowest BCUT2D eigenvalue weighted by molar-refractivity contribution is 0.254. The van der Waals surface area contributed by atoms with Crippen LogP contribution in [0.4, 0.5) is 5.69 Å². The molecule has 2 nitrogen and oxygen atoms in total. The zero-order chi connectivity index (χ0) is 14.6. The molecule has 1 aromatic carbocycles. The van der Waals surface area contributed by atoms with Gasteiger partial charge in [0.15, 0.2) is 0 Å². The monoisotopic (exact) mass is 274 g/mol. The van der Waals surface area contributed by atoms with E-state index in [-0.39, 0.29) is 0 Å². The number of nitrogens with zero attached hydrogens (tertiary/aromatic N) is 1. The predicted octanol–water partition coefficient (Wildman–Crippen LogP) is 3.99. The molecule has 20 heavy (non-hydrogen) atoms. The van der Waals surface area contributed by atoms with E-state index in [1.54, 1.807) is 0 Å². The van der Waals surface area contributed by atoms with Crippen LogP contribution in [0.1, 0.15) is 45.1 Å². The molecule has 1 saturated carbocycles. The number of aryl methyl sites for hydroxylation is 1. The largest absolute Gasteiger partial charge is 0.374 e. The van der Waals surface area contributed by atoms with Gasteiger partial charge in [0.2, 0.25) is 0 Å². The minimum absolute atomic E-state index is 0.391. The lowest BCUT2D eigenvalue weighted by Crippen LogP contribution is -2.43. The highest BCUT2D eigenvalue weighted by Crippen LogP contribution is 2.30. The minimum atomic E-state index is 0.391. The number of benzene rings is 1. The molecule has 1 N–H and O–H groups in total. The van der Waals surface area contributed by atoms with Crippen LogP contribution in [0.25, 0.3) is 0 Å². The molecule has 0 bridgehead atoms. The van der Waals surface area contributed by atoms with Gasteiger partial charge in [-0.3, -0.25) is 0 Å². The van der Waals surface area contributed by atoms with Crippen molar-refractivity contribution in [3.8, 4) is 0 Å². The Hall–Kier alpha value is -1.02. The summed E-state index contributed by atoms with van der Waals surface area (Å²) in [5.74, 6) is 0. The molecule has 0 spiro atoms. The normalized spacial score (nSPS) is 15.4. The summed E-state index contributed by atoms with van der Waals surface area (Å²) in [6.45, 7) is 9.09. The van der Waals surface area contributed by atoms with Crippen LogP contribution < -0.4 is 10.2 Å². The predicted molar refractivity (Wildman–Crippen MR) is 88.5 cm³/mol. The standard InChI is InChI=1S/C18H30N2/c1-5-18(6-2,13-19-16-9-10-16)14-20(4)17-11-7-15(3)8-12-17/h7-8,11-12,16,19H,5-6,9-10,13-14H2,1-4H3. The molecule has 1 aliphatic rings. The van der Waals surface area contributed by atoms with Gasteiger partial charge in [-0.25, -0.2) is 0 Å². The van der Waals surface area contributed by atoms with Crippen LogP contribution in [0.5, 0.6) is 0 Å². The van der Waals surface area contributed by atoms with Crippen molar-refractivity contribution in [1.82, 2.24) is 5.32 Å². The average molecular weight is 274 g/mol. The van der Waals surface area contributed by atoms with Gasteiger partial charge in [-0.05, 0) is 50.2 Å². The van der Waals surface area contributed by atoms with Crippen molar-refractivity contribution in [1.29, 1.82) is 0 Å². The molecule has 1 fully saturated rings. The molecule has 0 saturated heterocycles. The Morgan fingerprint density at radius 1 is 1.15 bits per heavy atom. The Labute approximate surface area is 124 Å². The third-order valence-corrected chi connectivity index (χ3v) is 4.89. The van der Waals surface area contributed by atoms with Gasteiger partial charge in [-0.15, -0.1) is 0 Å². The van der Waals surface area contributed by atoms with E-state index in [2.05, 4.69) is 62.3 Å². The second kappa shape index (κ2) is 6.62. The van der Waals surface area contributed by atoms with Crippen LogP contribution >= 0.6 is 0 Å². The SMILES string of the molecule is CCC(CC)(CNC1CC1)CN(C)c1ccc(C)cc1. The van der Waals surface area contributed by atoms with Gasteiger partial charge in [-0.2, -0.15) is 0 Å². The fourth-order valence-corrected chi connectivity index (χ4v) is 2.82. The highest BCUT2D eigenvalue weighted by molar-refractivity contribution is 5.46. The lowest BCUT2D eigenvalue weighted by atomic mass is 9.81. The van der Waals surface area contributed by atoms with Crippen LogP contribution in [0, 0.1) is 12.3 Å². The van der Waals surface area contributed by atoms with Crippen LogP contribution in [-0.4, -0.2) is 26.2 Å². The first-order chi connectivity index (χ1) is 9.58. The van der Waals surface area contributed by atoms with E-state index in [4.69, 9.17) is 0 Å².